The normalized spacial score (nSPS) is 12.0. The number of aromatic nitrogens is 3. The highest BCUT2D eigenvalue weighted by molar-refractivity contribution is 7.13. The van der Waals surface area contributed by atoms with Crippen molar-refractivity contribution in [3.05, 3.63) is 55.8 Å². The summed E-state index contributed by atoms with van der Waals surface area (Å²) >= 11 is 1.26. The van der Waals surface area contributed by atoms with E-state index in [4.69, 9.17) is 9.15 Å². The standard InChI is InChI=1S/C16H14N4O5S/c1-8-13(26-10(3)17-8)16(21)24-9(2)14-18-19-15(25-14)11-4-6-12(7-5-11)20(22)23/h4-7,9H,1-3H3/t9-/m0/s1. The number of esters is 1. The number of hydrogen-bond donors (Lipinski definition) is 0. The third-order valence-corrected chi connectivity index (χ3v) is 4.54. The lowest BCUT2D eigenvalue weighted by molar-refractivity contribution is -0.384. The third kappa shape index (κ3) is 3.59. The first-order valence-electron chi connectivity index (χ1n) is 7.58. The zero-order valence-electron chi connectivity index (χ0n) is 14.1. The lowest BCUT2D eigenvalue weighted by Gasteiger charge is -2.08. The summed E-state index contributed by atoms with van der Waals surface area (Å²) in [5, 5.41) is 19.2. The number of thiazole rings is 1. The van der Waals surface area contributed by atoms with Crippen LogP contribution in [0.4, 0.5) is 5.69 Å². The summed E-state index contributed by atoms with van der Waals surface area (Å²) in [6, 6.07) is 5.71. The molecular formula is C16H14N4O5S. The molecule has 0 radical (unpaired) electrons. The molecule has 9 nitrogen and oxygen atoms in total. The molecule has 2 heterocycles. The SMILES string of the molecule is Cc1nc(C)c(C(=O)O[C@@H](C)c2nnc(-c3ccc([N+](=O)[O-])cc3)o2)s1. The van der Waals surface area contributed by atoms with E-state index in [2.05, 4.69) is 15.2 Å². The number of benzene rings is 1. The zero-order chi connectivity index (χ0) is 18.8. The Labute approximate surface area is 151 Å². The van der Waals surface area contributed by atoms with Gasteiger partial charge in [0.05, 0.1) is 15.6 Å². The number of ether oxygens (including phenoxy) is 1. The Balaban J connectivity index is 1.73. The van der Waals surface area contributed by atoms with E-state index in [1.54, 1.807) is 13.8 Å². The Morgan fingerprint density at radius 2 is 1.96 bits per heavy atom. The number of hydrogen-bond acceptors (Lipinski definition) is 9. The largest absolute Gasteiger partial charge is 0.448 e. The summed E-state index contributed by atoms with van der Waals surface area (Å²) in [5.41, 5.74) is 1.11. The van der Waals surface area contributed by atoms with Crippen LogP contribution in [0.15, 0.2) is 28.7 Å². The van der Waals surface area contributed by atoms with Crippen molar-refractivity contribution in [3.8, 4) is 11.5 Å². The maximum Gasteiger partial charge on any atom is 0.351 e. The molecule has 0 N–H and O–H groups in total. The Kier molecular flexibility index (Phi) is 4.76. The molecule has 2 aromatic heterocycles. The van der Waals surface area contributed by atoms with Gasteiger partial charge in [-0.2, -0.15) is 0 Å². The molecule has 0 aliphatic carbocycles. The van der Waals surface area contributed by atoms with E-state index in [1.807, 2.05) is 6.92 Å². The number of carbonyl (C=O) groups excluding carboxylic acids is 1. The van der Waals surface area contributed by atoms with Crippen molar-refractivity contribution in [3.63, 3.8) is 0 Å². The highest BCUT2D eigenvalue weighted by Gasteiger charge is 2.23. The second-order valence-electron chi connectivity index (χ2n) is 5.44. The van der Waals surface area contributed by atoms with E-state index < -0.39 is 17.0 Å². The summed E-state index contributed by atoms with van der Waals surface area (Å²) in [7, 11) is 0. The van der Waals surface area contributed by atoms with E-state index in [9.17, 15) is 14.9 Å². The Hall–Kier alpha value is -3.14. The van der Waals surface area contributed by atoms with Crippen LogP contribution in [-0.4, -0.2) is 26.1 Å². The molecule has 134 valence electrons. The van der Waals surface area contributed by atoms with Crippen LogP contribution in [0.2, 0.25) is 0 Å². The number of nitro benzene ring substituents is 1. The molecule has 10 heteroatoms. The molecule has 0 saturated carbocycles. The van der Waals surface area contributed by atoms with Crippen molar-refractivity contribution >= 4 is 23.0 Å². The van der Waals surface area contributed by atoms with Crippen molar-refractivity contribution in [2.75, 3.05) is 0 Å². The molecular weight excluding hydrogens is 360 g/mol. The minimum atomic E-state index is -0.747. The van der Waals surface area contributed by atoms with Crippen LogP contribution < -0.4 is 0 Å². The first-order chi connectivity index (χ1) is 12.3. The van der Waals surface area contributed by atoms with Crippen molar-refractivity contribution in [1.29, 1.82) is 0 Å². The van der Waals surface area contributed by atoms with E-state index in [1.165, 1.54) is 35.6 Å². The fourth-order valence-electron chi connectivity index (χ4n) is 2.23. The zero-order valence-corrected chi connectivity index (χ0v) is 14.9. The Morgan fingerprint density at radius 1 is 1.27 bits per heavy atom. The van der Waals surface area contributed by atoms with Gasteiger partial charge in [0, 0.05) is 17.7 Å². The summed E-state index contributed by atoms with van der Waals surface area (Å²) in [6.07, 6.45) is -0.747. The average Bonchev–Trinajstić information content (AvgIpc) is 3.21. The summed E-state index contributed by atoms with van der Waals surface area (Å²) in [5.74, 6) is -0.191. The molecule has 1 aromatic carbocycles. The van der Waals surface area contributed by atoms with Gasteiger partial charge in [-0.05, 0) is 32.9 Å². The fourth-order valence-corrected chi connectivity index (χ4v) is 3.03. The lowest BCUT2D eigenvalue weighted by atomic mass is 10.2. The monoisotopic (exact) mass is 374 g/mol. The molecule has 3 aromatic rings. The Bertz CT molecular complexity index is 963. The van der Waals surface area contributed by atoms with Gasteiger partial charge in [-0.1, -0.05) is 0 Å². The van der Waals surface area contributed by atoms with Crippen LogP contribution in [0.25, 0.3) is 11.5 Å². The van der Waals surface area contributed by atoms with Crippen LogP contribution in [0.3, 0.4) is 0 Å². The molecule has 0 unspecified atom stereocenters. The van der Waals surface area contributed by atoms with Crippen molar-refractivity contribution < 1.29 is 18.9 Å². The fraction of sp³-hybridized carbons (Fsp3) is 0.250. The lowest BCUT2D eigenvalue weighted by Crippen LogP contribution is -2.09. The van der Waals surface area contributed by atoms with E-state index in [-0.39, 0.29) is 17.5 Å². The number of nitro groups is 1. The van der Waals surface area contributed by atoms with Gasteiger partial charge in [0.1, 0.15) is 4.88 Å². The number of non-ortho nitro benzene ring substituents is 1. The summed E-state index contributed by atoms with van der Waals surface area (Å²) in [6.45, 7) is 5.17. The minimum Gasteiger partial charge on any atom is -0.448 e. The summed E-state index contributed by atoms with van der Waals surface area (Å²) in [4.78, 5) is 27.1. The molecule has 3 rings (SSSR count). The smallest absolute Gasteiger partial charge is 0.351 e. The first kappa shape index (κ1) is 17.7. The van der Waals surface area contributed by atoms with Gasteiger partial charge < -0.3 is 9.15 Å². The molecule has 0 aliphatic rings. The quantitative estimate of drug-likeness (QED) is 0.377. The number of nitrogens with zero attached hydrogens (tertiary/aromatic N) is 4. The highest BCUT2D eigenvalue weighted by atomic mass is 32.1. The molecule has 0 saturated heterocycles. The van der Waals surface area contributed by atoms with Crippen LogP contribution in [-0.2, 0) is 4.74 Å². The van der Waals surface area contributed by atoms with E-state index in [0.717, 1.165) is 5.01 Å². The second kappa shape index (κ2) is 7.00. The maximum atomic E-state index is 12.2. The highest BCUT2D eigenvalue weighted by Crippen LogP contribution is 2.26. The van der Waals surface area contributed by atoms with E-state index in [0.29, 0.717) is 16.1 Å². The first-order valence-corrected chi connectivity index (χ1v) is 8.40. The number of carbonyl (C=O) groups is 1. The van der Waals surface area contributed by atoms with Gasteiger partial charge in [-0.25, -0.2) is 9.78 Å². The molecule has 0 spiro atoms. The van der Waals surface area contributed by atoms with Crippen LogP contribution in [0.1, 0.15) is 39.3 Å². The predicted molar refractivity (Wildman–Crippen MR) is 91.8 cm³/mol. The molecule has 0 fully saturated rings. The van der Waals surface area contributed by atoms with Gasteiger partial charge in [0.2, 0.25) is 5.89 Å². The van der Waals surface area contributed by atoms with Crippen molar-refractivity contribution in [2.24, 2.45) is 0 Å². The van der Waals surface area contributed by atoms with Gasteiger partial charge in [0.25, 0.3) is 11.6 Å². The van der Waals surface area contributed by atoms with Gasteiger partial charge in [-0.15, -0.1) is 21.5 Å². The van der Waals surface area contributed by atoms with Crippen LogP contribution in [0.5, 0.6) is 0 Å². The topological polar surface area (TPSA) is 121 Å². The van der Waals surface area contributed by atoms with Crippen molar-refractivity contribution in [2.45, 2.75) is 26.9 Å². The van der Waals surface area contributed by atoms with Crippen LogP contribution >= 0.6 is 11.3 Å². The van der Waals surface area contributed by atoms with Crippen LogP contribution in [0, 0.1) is 24.0 Å². The second-order valence-corrected chi connectivity index (χ2v) is 6.65. The van der Waals surface area contributed by atoms with Gasteiger partial charge in [0.15, 0.2) is 6.10 Å². The Morgan fingerprint density at radius 3 is 2.54 bits per heavy atom. The predicted octanol–water partition coefficient (Wildman–Crippen LogP) is 3.64. The van der Waals surface area contributed by atoms with Gasteiger partial charge >= 0.3 is 5.97 Å². The number of aryl methyl sites for hydroxylation is 2. The van der Waals surface area contributed by atoms with E-state index >= 15 is 0 Å². The molecule has 26 heavy (non-hydrogen) atoms. The molecule has 0 bridgehead atoms. The molecule has 0 aliphatic heterocycles. The summed E-state index contributed by atoms with van der Waals surface area (Å²) < 4.78 is 10.9. The average molecular weight is 374 g/mol. The number of rotatable bonds is 5. The molecule has 0 amide bonds. The minimum absolute atomic E-state index is 0.0361. The molecule has 1 atom stereocenters. The third-order valence-electron chi connectivity index (χ3n) is 3.49. The van der Waals surface area contributed by atoms with Crippen molar-refractivity contribution in [1.82, 2.24) is 15.2 Å². The van der Waals surface area contributed by atoms with Gasteiger partial charge in [-0.3, -0.25) is 10.1 Å². The maximum absolute atomic E-state index is 12.2.